The summed E-state index contributed by atoms with van der Waals surface area (Å²) in [4.78, 5) is 26.9. The van der Waals surface area contributed by atoms with E-state index in [2.05, 4.69) is 20.8 Å². The molecule has 0 aliphatic carbocycles. The first-order chi connectivity index (χ1) is 12.1. The fraction of sp³-hybridized carbons (Fsp3) is 0.474. The van der Waals surface area contributed by atoms with E-state index in [9.17, 15) is 9.59 Å². The summed E-state index contributed by atoms with van der Waals surface area (Å²) in [5, 5.41) is 0. The molecule has 25 heavy (non-hydrogen) atoms. The summed E-state index contributed by atoms with van der Waals surface area (Å²) in [5.41, 5.74) is 0.499. The Balaban J connectivity index is 0.00000109. The molecule has 1 fully saturated rings. The molecule has 0 radical (unpaired) electrons. The van der Waals surface area contributed by atoms with Crippen LogP contribution in [0, 0.1) is 0 Å². The van der Waals surface area contributed by atoms with Crippen molar-refractivity contribution in [2.45, 2.75) is 39.7 Å². The molecule has 1 saturated heterocycles. The first kappa shape index (κ1) is 19.5. The third-order valence-electron chi connectivity index (χ3n) is 4.34. The van der Waals surface area contributed by atoms with E-state index in [4.69, 9.17) is 0 Å². The van der Waals surface area contributed by atoms with Gasteiger partial charge in [0, 0.05) is 30.7 Å². The van der Waals surface area contributed by atoms with E-state index in [0.29, 0.717) is 6.54 Å². The Labute approximate surface area is 157 Å². The van der Waals surface area contributed by atoms with Gasteiger partial charge in [-0.25, -0.2) is 4.79 Å². The Morgan fingerprint density at radius 1 is 1.04 bits per heavy atom. The molecule has 3 rings (SSSR count). The summed E-state index contributed by atoms with van der Waals surface area (Å²) in [6, 6.07) is 9.43. The molecule has 0 N–H and O–H groups in total. The number of nitrogens with zero attached hydrogens (tertiary/aromatic N) is 3. The highest BCUT2D eigenvalue weighted by molar-refractivity contribution is 9.10. The maximum absolute atomic E-state index is 12.7. The van der Waals surface area contributed by atoms with Gasteiger partial charge in [0.15, 0.2) is 0 Å². The van der Waals surface area contributed by atoms with Crippen molar-refractivity contribution in [3.63, 3.8) is 0 Å². The number of piperidine rings is 1. The molecule has 5 nitrogen and oxygen atoms in total. The zero-order valence-corrected chi connectivity index (χ0v) is 16.8. The number of benzene rings is 1. The van der Waals surface area contributed by atoms with Crippen molar-refractivity contribution in [1.29, 1.82) is 0 Å². The molecule has 0 amide bonds. The van der Waals surface area contributed by atoms with E-state index in [-0.39, 0.29) is 11.2 Å². The molecule has 2 heterocycles. The molecule has 0 spiro atoms. The van der Waals surface area contributed by atoms with Crippen LogP contribution in [0.25, 0.3) is 0 Å². The van der Waals surface area contributed by atoms with Crippen LogP contribution < -0.4 is 16.1 Å². The van der Waals surface area contributed by atoms with Gasteiger partial charge in [-0.15, -0.1) is 0 Å². The Bertz CT molecular complexity index is 820. The molecule has 2 aromatic rings. The average molecular weight is 408 g/mol. The van der Waals surface area contributed by atoms with Crippen molar-refractivity contribution in [2.75, 3.05) is 18.0 Å². The van der Waals surface area contributed by atoms with Gasteiger partial charge in [0.05, 0.1) is 6.54 Å². The lowest BCUT2D eigenvalue weighted by molar-refractivity contribution is 0.547. The third-order valence-corrected chi connectivity index (χ3v) is 5.12. The zero-order valence-electron chi connectivity index (χ0n) is 15.2. The molecule has 136 valence electrons. The standard InChI is InChI=1S/C17H20BrN3O2.C2H6/c1-19-16(22)11-15(20-9-5-2-6-10-20)21(17(19)23)12-13-7-3-4-8-14(13)18;1-2/h3-4,7-8,11H,2,5-6,9-10,12H2,1H3;1-2H3. The molecule has 1 aliphatic heterocycles. The summed E-state index contributed by atoms with van der Waals surface area (Å²) in [6.07, 6.45) is 3.40. The van der Waals surface area contributed by atoms with Crippen LogP contribution in [-0.4, -0.2) is 22.2 Å². The van der Waals surface area contributed by atoms with Crippen molar-refractivity contribution in [2.24, 2.45) is 7.05 Å². The Hall–Kier alpha value is -1.82. The number of anilines is 1. The highest BCUT2D eigenvalue weighted by atomic mass is 79.9. The van der Waals surface area contributed by atoms with Crippen molar-refractivity contribution >= 4 is 21.7 Å². The van der Waals surface area contributed by atoms with Crippen molar-refractivity contribution in [1.82, 2.24) is 9.13 Å². The number of halogens is 1. The van der Waals surface area contributed by atoms with Gasteiger partial charge in [0.2, 0.25) is 0 Å². The summed E-state index contributed by atoms with van der Waals surface area (Å²) >= 11 is 3.53. The van der Waals surface area contributed by atoms with Crippen molar-refractivity contribution in [3.8, 4) is 0 Å². The zero-order chi connectivity index (χ0) is 18.4. The van der Waals surface area contributed by atoms with E-state index in [1.54, 1.807) is 10.6 Å². The van der Waals surface area contributed by atoms with Gasteiger partial charge in [-0.3, -0.25) is 13.9 Å². The number of aromatic nitrogens is 2. The van der Waals surface area contributed by atoms with Crippen LogP contribution in [0.5, 0.6) is 0 Å². The van der Waals surface area contributed by atoms with Crippen molar-refractivity contribution < 1.29 is 0 Å². The van der Waals surface area contributed by atoms with E-state index < -0.39 is 0 Å². The van der Waals surface area contributed by atoms with Crippen LogP contribution in [0.4, 0.5) is 5.82 Å². The van der Waals surface area contributed by atoms with E-state index >= 15 is 0 Å². The summed E-state index contributed by atoms with van der Waals surface area (Å²) in [7, 11) is 1.53. The fourth-order valence-electron chi connectivity index (χ4n) is 2.99. The lowest BCUT2D eigenvalue weighted by Crippen LogP contribution is -2.43. The number of hydrogen-bond donors (Lipinski definition) is 0. The van der Waals surface area contributed by atoms with E-state index in [1.165, 1.54) is 18.0 Å². The molecule has 0 unspecified atom stereocenters. The van der Waals surface area contributed by atoms with Crippen LogP contribution in [0.2, 0.25) is 0 Å². The van der Waals surface area contributed by atoms with Crippen LogP contribution in [0.3, 0.4) is 0 Å². The molecule has 0 bridgehead atoms. The summed E-state index contributed by atoms with van der Waals surface area (Å²) in [6.45, 7) is 6.23. The summed E-state index contributed by atoms with van der Waals surface area (Å²) in [5.74, 6) is 0.730. The van der Waals surface area contributed by atoms with Gasteiger partial charge in [-0.2, -0.15) is 0 Å². The molecule has 0 atom stereocenters. The van der Waals surface area contributed by atoms with Gasteiger partial charge in [0.25, 0.3) is 5.56 Å². The topological polar surface area (TPSA) is 47.2 Å². The molecule has 1 aromatic carbocycles. The lowest BCUT2D eigenvalue weighted by Gasteiger charge is -2.31. The maximum Gasteiger partial charge on any atom is 0.332 e. The lowest BCUT2D eigenvalue weighted by atomic mass is 10.1. The Morgan fingerprint density at radius 2 is 1.68 bits per heavy atom. The third kappa shape index (κ3) is 4.42. The van der Waals surface area contributed by atoms with Gasteiger partial charge in [0.1, 0.15) is 5.82 Å². The van der Waals surface area contributed by atoms with Gasteiger partial charge in [-0.05, 0) is 30.9 Å². The van der Waals surface area contributed by atoms with Gasteiger partial charge >= 0.3 is 5.69 Å². The van der Waals surface area contributed by atoms with Crippen LogP contribution in [-0.2, 0) is 13.6 Å². The Kier molecular flexibility index (Phi) is 7.05. The minimum atomic E-state index is -0.270. The van der Waals surface area contributed by atoms with E-state index in [0.717, 1.165) is 41.8 Å². The van der Waals surface area contributed by atoms with Crippen LogP contribution in [0.15, 0.2) is 44.4 Å². The molecule has 0 saturated carbocycles. The van der Waals surface area contributed by atoms with Crippen LogP contribution in [0.1, 0.15) is 38.7 Å². The van der Waals surface area contributed by atoms with Crippen molar-refractivity contribution in [3.05, 3.63) is 61.2 Å². The predicted octanol–water partition coefficient (Wildman–Crippen LogP) is 3.37. The van der Waals surface area contributed by atoms with Gasteiger partial charge in [-0.1, -0.05) is 48.0 Å². The highest BCUT2D eigenvalue weighted by Gasteiger charge is 2.18. The number of hydrogen-bond acceptors (Lipinski definition) is 3. The minimum Gasteiger partial charge on any atom is -0.358 e. The monoisotopic (exact) mass is 407 g/mol. The van der Waals surface area contributed by atoms with E-state index in [1.807, 2.05) is 38.1 Å². The maximum atomic E-state index is 12.7. The van der Waals surface area contributed by atoms with Crippen LogP contribution >= 0.6 is 15.9 Å². The second-order valence-electron chi connectivity index (χ2n) is 5.91. The minimum absolute atomic E-state index is 0.251. The molecular weight excluding hydrogens is 382 g/mol. The second kappa shape index (κ2) is 9.04. The second-order valence-corrected chi connectivity index (χ2v) is 6.76. The highest BCUT2D eigenvalue weighted by Crippen LogP contribution is 2.21. The largest absolute Gasteiger partial charge is 0.358 e. The molecule has 1 aromatic heterocycles. The van der Waals surface area contributed by atoms with Gasteiger partial charge < -0.3 is 4.90 Å². The molecule has 6 heteroatoms. The Morgan fingerprint density at radius 3 is 2.32 bits per heavy atom. The predicted molar refractivity (Wildman–Crippen MR) is 107 cm³/mol. The smallest absolute Gasteiger partial charge is 0.332 e. The average Bonchev–Trinajstić information content (AvgIpc) is 2.66. The summed E-state index contributed by atoms with van der Waals surface area (Å²) < 4.78 is 3.84. The normalized spacial score (nSPS) is 14.0. The fourth-order valence-corrected chi connectivity index (χ4v) is 3.40. The SMILES string of the molecule is CC.Cn1c(=O)cc(N2CCCCC2)n(Cc2ccccc2Br)c1=O. The first-order valence-electron chi connectivity index (χ1n) is 8.87. The molecule has 1 aliphatic rings. The number of rotatable bonds is 3. The quantitative estimate of drug-likeness (QED) is 0.783. The molecular formula is C19H26BrN3O2. The first-order valence-corrected chi connectivity index (χ1v) is 9.66.